The number of hydrogen-bond donors (Lipinski definition) is 1. The predicted octanol–water partition coefficient (Wildman–Crippen LogP) is 3.38. The maximum Gasteiger partial charge on any atom is 0.193 e. The lowest BCUT2D eigenvalue weighted by atomic mass is 9.97. The Morgan fingerprint density at radius 1 is 1.52 bits per heavy atom. The van der Waals surface area contributed by atoms with Crippen LogP contribution in [0.1, 0.15) is 32.4 Å². The second kappa shape index (κ2) is 9.33. The van der Waals surface area contributed by atoms with Gasteiger partial charge in [-0.15, -0.1) is 24.0 Å². The molecular weight excluding hydrogens is 377 g/mol. The Morgan fingerprint density at radius 2 is 2.33 bits per heavy atom. The van der Waals surface area contributed by atoms with Crippen molar-refractivity contribution in [2.24, 2.45) is 16.8 Å². The summed E-state index contributed by atoms with van der Waals surface area (Å²) in [4.78, 5) is 6.79. The Morgan fingerprint density at radius 3 is 2.95 bits per heavy atom. The first-order valence-corrected chi connectivity index (χ1v) is 7.67. The fraction of sp³-hybridized carbons (Fsp3) is 0.688. The summed E-state index contributed by atoms with van der Waals surface area (Å²) >= 11 is 0. The van der Waals surface area contributed by atoms with E-state index < -0.39 is 0 Å². The van der Waals surface area contributed by atoms with Crippen LogP contribution in [0.2, 0.25) is 0 Å². The first-order chi connectivity index (χ1) is 9.69. The quantitative estimate of drug-likeness (QED) is 0.464. The van der Waals surface area contributed by atoms with Gasteiger partial charge in [0.15, 0.2) is 5.96 Å². The maximum atomic E-state index is 5.34. The average Bonchev–Trinajstić information content (AvgIpc) is 3.05. The molecule has 1 aliphatic heterocycles. The van der Waals surface area contributed by atoms with Crippen molar-refractivity contribution >= 4 is 29.9 Å². The lowest BCUT2D eigenvalue weighted by molar-refractivity contribution is 0.403. The van der Waals surface area contributed by atoms with Crippen molar-refractivity contribution in [2.45, 2.75) is 33.1 Å². The third-order valence-electron chi connectivity index (χ3n) is 3.84. The highest BCUT2D eigenvalue weighted by atomic mass is 127. The van der Waals surface area contributed by atoms with E-state index in [1.165, 1.54) is 12.8 Å². The molecule has 2 heterocycles. The van der Waals surface area contributed by atoms with Crippen LogP contribution < -0.4 is 5.32 Å². The van der Waals surface area contributed by atoms with Gasteiger partial charge in [-0.05, 0) is 36.8 Å². The molecule has 0 aromatic carbocycles. The molecular formula is C16H28IN3O. The zero-order chi connectivity index (χ0) is 14.4. The number of nitrogens with one attached hydrogen (secondary N) is 1. The molecule has 0 spiro atoms. The summed E-state index contributed by atoms with van der Waals surface area (Å²) in [7, 11) is 1.87. The van der Waals surface area contributed by atoms with Crippen LogP contribution in [-0.4, -0.2) is 37.5 Å². The van der Waals surface area contributed by atoms with E-state index in [0.29, 0.717) is 0 Å². The Kier molecular flexibility index (Phi) is 8.14. The lowest BCUT2D eigenvalue weighted by Gasteiger charge is -2.22. The second-order valence-corrected chi connectivity index (χ2v) is 6.03. The molecule has 1 fully saturated rings. The molecule has 0 radical (unpaired) electrons. The fourth-order valence-electron chi connectivity index (χ4n) is 2.97. The highest BCUT2D eigenvalue weighted by Gasteiger charge is 2.25. The van der Waals surface area contributed by atoms with Gasteiger partial charge in [-0.2, -0.15) is 0 Å². The van der Waals surface area contributed by atoms with E-state index in [9.17, 15) is 0 Å². The van der Waals surface area contributed by atoms with E-state index in [0.717, 1.165) is 49.6 Å². The number of furan rings is 1. The predicted molar refractivity (Wildman–Crippen MR) is 98.3 cm³/mol. The minimum atomic E-state index is 0. The summed E-state index contributed by atoms with van der Waals surface area (Å²) in [6.07, 6.45) is 5.23. The minimum absolute atomic E-state index is 0. The van der Waals surface area contributed by atoms with Crippen LogP contribution in [0, 0.1) is 11.8 Å². The Bertz CT molecular complexity index is 417. The average molecular weight is 405 g/mol. The zero-order valence-electron chi connectivity index (χ0n) is 13.3. The molecule has 1 atom stereocenters. The molecule has 1 aromatic heterocycles. The van der Waals surface area contributed by atoms with Crippen LogP contribution in [0.3, 0.4) is 0 Å². The number of rotatable bonds is 5. The molecule has 120 valence electrons. The summed E-state index contributed by atoms with van der Waals surface area (Å²) < 4.78 is 5.34. The molecule has 21 heavy (non-hydrogen) atoms. The van der Waals surface area contributed by atoms with Crippen LogP contribution >= 0.6 is 24.0 Å². The molecule has 1 N–H and O–H groups in total. The van der Waals surface area contributed by atoms with Gasteiger partial charge in [-0.25, -0.2) is 0 Å². The van der Waals surface area contributed by atoms with Gasteiger partial charge >= 0.3 is 0 Å². The molecule has 0 bridgehead atoms. The van der Waals surface area contributed by atoms with Crippen molar-refractivity contribution in [3.63, 3.8) is 0 Å². The van der Waals surface area contributed by atoms with Crippen molar-refractivity contribution in [1.29, 1.82) is 0 Å². The van der Waals surface area contributed by atoms with Crippen LogP contribution in [0.4, 0.5) is 0 Å². The topological polar surface area (TPSA) is 40.8 Å². The molecule has 0 amide bonds. The van der Waals surface area contributed by atoms with Crippen molar-refractivity contribution < 1.29 is 4.42 Å². The minimum Gasteiger partial charge on any atom is -0.469 e. The third kappa shape index (κ3) is 5.88. The first-order valence-electron chi connectivity index (χ1n) is 7.67. The molecule has 1 saturated heterocycles. The molecule has 1 aliphatic rings. The van der Waals surface area contributed by atoms with Gasteiger partial charge in [-0.1, -0.05) is 13.8 Å². The highest BCUT2D eigenvalue weighted by molar-refractivity contribution is 14.0. The van der Waals surface area contributed by atoms with Crippen LogP contribution in [0.5, 0.6) is 0 Å². The van der Waals surface area contributed by atoms with Gasteiger partial charge < -0.3 is 14.6 Å². The normalized spacial score (nSPS) is 19.0. The monoisotopic (exact) mass is 405 g/mol. The summed E-state index contributed by atoms with van der Waals surface area (Å²) in [6, 6.07) is 3.94. The lowest BCUT2D eigenvalue weighted by Crippen LogP contribution is -2.40. The Labute approximate surface area is 145 Å². The van der Waals surface area contributed by atoms with Crippen LogP contribution in [0.15, 0.2) is 27.8 Å². The van der Waals surface area contributed by atoms with Crippen molar-refractivity contribution in [1.82, 2.24) is 10.2 Å². The molecule has 5 heteroatoms. The molecule has 1 aromatic rings. The number of likely N-dealkylation sites (tertiary alicyclic amines) is 1. The standard InChI is InChI=1S/C16H27N3O.HI/c1-13(2)11-14-7-9-19(12-14)16(17-3)18-8-6-15-5-4-10-20-15;/h4-5,10,13-14H,6-9,11-12H2,1-3H3,(H,17,18);1H. The largest absolute Gasteiger partial charge is 0.469 e. The SMILES string of the molecule is CN=C(NCCc1ccco1)N1CCC(CC(C)C)C1.I. The van der Waals surface area contributed by atoms with E-state index in [1.807, 2.05) is 19.2 Å². The van der Waals surface area contributed by atoms with Gasteiger partial charge in [0.1, 0.15) is 5.76 Å². The van der Waals surface area contributed by atoms with E-state index in [-0.39, 0.29) is 24.0 Å². The summed E-state index contributed by atoms with van der Waals surface area (Å²) in [6.45, 7) is 7.74. The maximum absolute atomic E-state index is 5.34. The van der Waals surface area contributed by atoms with E-state index in [4.69, 9.17) is 4.42 Å². The number of nitrogens with zero attached hydrogens (tertiary/aromatic N) is 2. The molecule has 0 aliphatic carbocycles. The summed E-state index contributed by atoms with van der Waals surface area (Å²) in [5.74, 6) is 3.65. The number of hydrogen-bond acceptors (Lipinski definition) is 2. The zero-order valence-corrected chi connectivity index (χ0v) is 15.7. The molecule has 1 unspecified atom stereocenters. The highest BCUT2D eigenvalue weighted by Crippen LogP contribution is 2.23. The number of aliphatic imine (C=N–C) groups is 1. The van der Waals surface area contributed by atoms with Crippen molar-refractivity contribution in [3.05, 3.63) is 24.2 Å². The van der Waals surface area contributed by atoms with Gasteiger partial charge in [0.05, 0.1) is 6.26 Å². The fourth-order valence-corrected chi connectivity index (χ4v) is 2.97. The third-order valence-corrected chi connectivity index (χ3v) is 3.84. The van der Waals surface area contributed by atoms with Crippen LogP contribution in [0.25, 0.3) is 0 Å². The second-order valence-electron chi connectivity index (χ2n) is 6.03. The van der Waals surface area contributed by atoms with Gasteiger partial charge in [0.2, 0.25) is 0 Å². The van der Waals surface area contributed by atoms with Gasteiger partial charge in [-0.3, -0.25) is 4.99 Å². The van der Waals surface area contributed by atoms with Crippen LogP contribution in [-0.2, 0) is 6.42 Å². The van der Waals surface area contributed by atoms with E-state index >= 15 is 0 Å². The van der Waals surface area contributed by atoms with E-state index in [1.54, 1.807) is 6.26 Å². The van der Waals surface area contributed by atoms with Gasteiger partial charge in [0.25, 0.3) is 0 Å². The number of halogens is 1. The van der Waals surface area contributed by atoms with Crippen molar-refractivity contribution in [2.75, 3.05) is 26.7 Å². The first kappa shape index (κ1) is 18.3. The van der Waals surface area contributed by atoms with E-state index in [2.05, 4.69) is 29.1 Å². The van der Waals surface area contributed by atoms with Gasteiger partial charge in [0, 0.05) is 33.1 Å². The Hall–Kier alpha value is -0.720. The number of guanidine groups is 1. The van der Waals surface area contributed by atoms with Crippen molar-refractivity contribution in [3.8, 4) is 0 Å². The summed E-state index contributed by atoms with van der Waals surface area (Å²) in [5, 5.41) is 3.44. The Balaban J connectivity index is 0.00000220. The molecule has 2 rings (SSSR count). The molecule has 0 saturated carbocycles. The molecule has 4 nitrogen and oxygen atoms in total. The smallest absolute Gasteiger partial charge is 0.193 e. The summed E-state index contributed by atoms with van der Waals surface area (Å²) in [5.41, 5.74) is 0.